The van der Waals surface area contributed by atoms with Crippen LogP contribution in [-0.2, 0) is 0 Å². The summed E-state index contributed by atoms with van der Waals surface area (Å²) in [6.45, 7) is 0. The van der Waals surface area contributed by atoms with Crippen molar-refractivity contribution in [2.45, 2.75) is 9.79 Å². The second kappa shape index (κ2) is 5.94. The van der Waals surface area contributed by atoms with Crippen LogP contribution < -0.4 is 0 Å². The van der Waals surface area contributed by atoms with Crippen LogP contribution in [0.1, 0.15) is 15.9 Å². The van der Waals surface area contributed by atoms with E-state index in [2.05, 4.69) is 25.3 Å². The smallest absolute Gasteiger partial charge is 0.185 e. The average molecular weight is 272 g/mol. The van der Waals surface area contributed by atoms with Crippen molar-refractivity contribution < 1.29 is 4.79 Å². The largest absolute Gasteiger partial charge is 0.289 e. The van der Waals surface area contributed by atoms with Crippen molar-refractivity contribution in [2.75, 3.05) is 0 Å². The molecular weight excluding hydrogens is 260 g/mol. The molecule has 0 heterocycles. The Bertz CT molecular complexity index is 568. The zero-order chi connectivity index (χ0) is 13.0. The highest BCUT2D eigenvalue weighted by Crippen LogP contribution is 2.11. The minimum atomic E-state index is -0.0155. The molecule has 0 saturated heterocycles. The number of carbonyl (C=O) groups excluding carboxylic acids is 1. The van der Waals surface area contributed by atoms with Crippen molar-refractivity contribution >= 4 is 37.1 Å². The summed E-state index contributed by atoms with van der Waals surface area (Å²) in [7, 11) is 0. The minimum Gasteiger partial charge on any atom is -0.289 e. The van der Waals surface area contributed by atoms with E-state index in [0.29, 0.717) is 5.56 Å². The summed E-state index contributed by atoms with van der Waals surface area (Å²) in [6.07, 6.45) is 3.37. The second-order valence-electron chi connectivity index (χ2n) is 3.84. The quantitative estimate of drug-likeness (QED) is 0.487. The van der Waals surface area contributed by atoms with E-state index in [1.165, 1.54) is 0 Å². The lowest BCUT2D eigenvalue weighted by Gasteiger charge is -1.97. The number of allylic oxidation sites excluding steroid dienone is 1. The molecule has 0 amide bonds. The van der Waals surface area contributed by atoms with Crippen molar-refractivity contribution in [1.82, 2.24) is 0 Å². The number of hydrogen-bond acceptors (Lipinski definition) is 3. The van der Waals surface area contributed by atoms with E-state index in [1.807, 2.05) is 24.3 Å². The third-order valence-electron chi connectivity index (χ3n) is 2.47. The van der Waals surface area contributed by atoms with Crippen LogP contribution in [0.3, 0.4) is 0 Å². The van der Waals surface area contributed by atoms with E-state index in [1.54, 1.807) is 36.4 Å². The second-order valence-corrected chi connectivity index (χ2v) is 4.87. The van der Waals surface area contributed by atoms with Gasteiger partial charge >= 0.3 is 0 Å². The Morgan fingerprint density at radius 3 is 1.89 bits per heavy atom. The van der Waals surface area contributed by atoms with Gasteiger partial charge in [0.2, 0.25) is 0 Å². The fourth-order valence-corrected chi connectivity index (χ4v) is 1.78. The number of thiol groups is 2. The monoisotopic (exact) mass is 272 g/mol. The molecule has 2 aromatic carbocycles. The van der Waals surface area contributed by atoms with Gasteiger partial charge in [-0.1, -0.05) is 18.2 Å². The van der Waals surface area contributed by atoms with E-state index in [-0.39, 0.29) is 5.78 Å². The number of hydrogen-bond donors (Lipinski definition) is 2. The summed E-state index contributed by atoms with van der Waals surface area (Å²) in [5.74, 6) is -0.0155. The highest BCUT2D eigenvalue weighted by molar-refractivity contribution is 7.80. The Morgan fingerprint density at radius 1 is 0.833 bits per heavy atom. The molecule has 3 heteroatoms. The summed E-state index contributed by atoms with van der Waals surface area (Å²) in [4.78, 5) is 13.6. The van der Waals surface area contributed by atoms with Gasteiger partial charge in [-0.15, -0.1) is 25.3 Å². The SMILES string of the molecule is O=C(C=Cc1ccc(S)cc1)c1ccc(S)cc1. The summed E-state index contributed by atoms with van der Waals surface area (Å²) < 4.78 is 0. The van der Waals surface area contributed by atoms with E-state index in [9.17, 15) is 4.79 Å². The van der Waals surface area contributed by atoms with Crippen molar-refractivity contribution in [1.29, 1.82) is 0 Å². The van der Waals surface area contributed by atoms with E-state index < -0.39 is 0 Å². The van der Waals surface area contributed by atoms with Crippen molar-refractivity contribution in [3.63, 3.8) is 0 Å². The van der Waals surface area contributed by atoms with Gasteiger partial charge in [0, 0.05) is 15.4 Å². The zero-order valence-electron chi connectivity index (χ0n) is 9.58. The molecule has 0 atom stereocenters. The fourth-order valence-electron chi connectivity index (χ4n) is 1.48. The van der Waals surface area contributed by atoms with Gasteiger partial charge in [0.15, 0.2) is 5.78 Å². The Morgan fingerprint density at radius 2 is 1.33 bits per heavy atom. The van der Waals surface area contributed by atoms with Crippen LogP contribution in [0.15, 0.2) is 64.4 Å². The molecule has 0 unspecified atom stereocenters. The highest BCUT2D eigenvalue weighted by atomic mass is 32.1. The maximum atomic E-state index is 11.9. The van der Waals surface area contributed by atoms with Crippen LogP contribution in [0.4, 0.5) is 0 Å². The first kappa shape index (κ1) is 13.0. The fraction of sp³-hybridized carbons (Fsp3) is 0. The number of rotatable bonds is 3. The Balaban J connectivity index is 2.11. The molecule has 0 aliphatic heterocycles. The van der Waals surface area contributed by atoms with Crippen LogP contribution in [0.2, 0.25) is 0 Å². The first-order chi connectivity index (χ1) is 8.65. The molecular formula is C15H12OS2. The topological polar surface area (TPSA) is 17.1 Å². The van der Waals surface area contributed by atoms with Crippen LogP contribution >= 0.6 is 25.3 Å². The van der Waals surface area contributed by atoms with Gasteiger partial charge in [0.1, 0.15) is 0 Å². The van der Waals surface area contributed by atoms with Crippen molar-refractivity contribution in [3.8, 4) is 0 Å². The lowest BCUT2D eigenvalue weighted by atomic mass is 10.1. The molecule has 0 bridgehead atoms. The highest BCUT2D eigenvalue weighted by Gasteiger charge is 2.00. The summed E-state index contributed by atoms with van der Waals surface area (Å²) >= 11 is 8.39. The molecule has 0 aromatic heterocycles. The first-order valence-electron chi connectivity index (χ1n) is 5.45. The van der Waals surface area contributed by atoms with Crippen LogP contribution in [-0.4, -0.2) is 5.78 Å². The van der Waals surface area contributed by atoms with Gasteiger partial charge in [0.05, 0.1) is 0 Å². The zero-order valence-corrected chi connectivity index (χ0v) is 11.4. The van der Waals surface area contributed by atoms with Crippen LogP contribution in [0, 0.1) is 0 Å². The lowest BCUT2D eigenvalue weighted by Crippen LogP contribution is -1.93. The summed E-state index contributed by atoms with van der Waals surface area (Å²) in [5.41, 5.74) is 1.64. The molecule has 90 valence electrons. The van der Waals surface area contributed by atoms with Gasteiger partial charge in [-0.05, 0) is 48.0 Å². The van der Waals surface area contributed by atoms with Gasteiger partial charge < -0.3 is 0 Å². The third kappa shape index (κ3) is 3.52. The molecule has 0 saturated carbocycles. The predicted octanol–water partition coefficient (Wildman–Crippen LogP) is 4.16. The maximum absolute atomic E-state index is 11.9. The summed E-state index contributed by atoms with van der Waals surface area (Å²) in [6, 6.07) is 14.8. The molecule has 0 fully saturated rings. The number of benzene rings is 2. The van der Waals surface area contributed by atoms with Gasteiger partial charge in [-0.25, -0.2) is 0 Å². The van der Waals surface area contributed by atoms with E-state index in [4.69, 9.17) is 0 Å². The molecule has 0 aliphatic carbocycles. The molecule has 2 rings (SSSR count). The van der Waals surface area contributed by atoms with Gasteiger partial charge in [0.25, 0.3) is 0 Å². The molecule has 0 N–H and O–H groups in total. The minimum absolute atomic E-state index is 0.0155. The predicted molar refractivity (Wildman–Crippen MR) is 80.8 cm³/mol. The normalized spacial score (nSPS) is 10.8. The van der Waals surface area contributed by atoms with Crippen LogP contribution in [0.5, 0.6) is 0 Å². The Hall–Kier alpha value is -1.45. The summed E-state index contributed by atoms with van der Waals surface area (Å²) in [5, 5.41) is 0. The van der Waals surface area contributed by atoms with E-state index in [0.717, 1.165) is 15.4 Å². The molecule has 0 aliphatic rings. The lowest BCUT2D eigenvalue weighted by molar-refractivity contribution is 0.104. The molecule has 2 aromatic rings. The maximum Gasteiger partial charge on any atom is 0.185 e. The number of carbonyl (C=O) groups is 1. The van der Waals surface area contributed by atoms with Crippen molar-refractivity contribution in [2.24, 2.45) is 0 Å². The Kier molecular flexibility index (Phi) is 4.28. The first-order valence-corrected chi connectivity index (χ1v) is 6.35. The standard InChI is InChI=1S/C15H12OS2/c16-15(12-4-8-14(18)9-5-12)10-3-11-1-6-13(17)7-2-11/h1-10,17-18H. The van der Waals surface area contributed by atoms with E-state index >= 15 is 0 Å². The Labute approximate surface area is 117 Å². The van der Waals surface area contributed by atoms with Crippen LogP contribution in [0.25, 0.3) is 6.08 Å². The molecule has 18 heavy (non-hydrogen) atoms. The molecule has 0 spiro atoms. The van der Waals surface area contributed by atoms with Gasteiger partial charge in [-0.3, -0.25) is 4.79 Å². The van der Waals surface area contributed by atoms with Crippen molar-refractivity contribution in [3.05, 3.63) is 65.7 Å². The van der Waals surface area contributed by atoms with Gasteiger partial charge in [-0.2, -0.15) is 0 Å². The molecule has 0 radical (unpaired) electrons. The third-order valence-corrected chi connectivity index (χ3v) is 3.07. The molecule has 1 nitrogen and oxygen atoms in total. The average Bonchev–Trinajstić information content (AvgIpc) is 2.38. The number of ketones is 1.